The lowest BCUT2D eigenvalue weighted by Crippen LogP contribution is -2.33. The Morgan fingerprint density at radius 1 is 0.633 bits per heavy atom. The van der Waals surface area contributed by atoms with E-state index in [0.717, 1.165) is 24.7 Å². The highest BCUT2D eigenvalue weighted by Gasteiger charge is 2.10. The SMILES string of the molecule is c1ccc(-n2cc[n+](Cc3cccc(C[n+]4ccn(-c5ccccn5)c4)c3)c2)nc1. The van der Waals surface area contributed by atoms with Crippen molar-refractivity contribution in [2.45, 2.75) is 13.1 Å². The lowest BCUT2D eigenvalue weighted by atomic mass is 10.1. The second kappa shape index (κ2) is 8.13. The molecule has 6 heteroatoms. The van der Waals surface area contributed by atoms with E-state index in [4.69, 9.17) is 0 Å². The van der Waals surface area contributed by atoms with Crippen molar-refractivity contribution in [1.29, 1.82) is 0 Å². The molecule has 0 spiro atoms. The van der Waals surface area contributed by atoms with E-state index < -0.39 is 0 Å². The van der Waals surface area contributed by atoms with Crippen LogP contribution in [0.2, 0.25) is 0 Å². The minimum Gasteiger partial charge on any atom is -0.232 e. The first kappa shape index (κ1) is 18.0. The Morgan fingerprint density at radius 3 is 1.63 bits per heavy atom. The van der Waals surface area contributed by atoms with Gasteiger partial charge in [0.05, 0.1) is 0 Å². The highest BCUT2D eigenvalue weighted by molar-refractivity contribution is 5.23. The summed E-state index contributed by atoms with van der Waals surface area (Å²) in [4.78, 5) is 8.79. The molecule has 0 saturated carbocycles. The molecular weight excluding hydrogens is 372 g/mol. The topological polar surface area (TPSA) is 43.4 Å². The molecule has 146 valence electrons. The Labute approximate surface area is 175 Å². The van der Waals surface area contributed by atoms with E-state index in [0.29, 0.717) is 0 Å². The summed E-state index contributed by atoms with van der Waals surface area (Å²) in [6.45, 7) is 1.63. The van der Waals surface area contributed by atoms with Gasteiger partial charge in [-0.05, 0) is 29.3 Å². The molecule has 0 fully saturated rings. The van der Waals surface area contributed by atoms with Crippen LogP contribution in [0.4, 0.5) is 0 Å². The molecule has 0 saturated heterocycles. The van der Waals surface area contributed by atoms with Crippen molar-refractivity contribution in [2.75, 3.05) is 0 Å². The summed E-state index contributed by atoms with van der Waals surface area (Å²) in [6.07, 6.45) is 16.0. The molecule has 0 unspecified atom stereocenters. The average molecular weight is 394 g/mol. The zero-order valence-corrected chi connectivity index (χ0v) is 16.5. The molecule has 5 rings (SSSR count). The van der Waals surface area contributed by atoms with Crippen molar-refractivity contribution in [3.8, 4) is 11.6 Å². The number of nitrogens with zero attached hydrogens (tertiary/aromatic N) is 6. The summed E-state index contributed by atoms with van der Waals surface area (Å²) in [6, 6.07) is 20.6. The number of imidazole rings is 2. The van der Waals surface area contributed by atoms with Gasteiger partial charge in [0.25, 0.3) is 12.7 Å². The van der Waals surface area contributed by atoms with Crippen LogP contribution < -0.4 is 9.13 Å². The minimum absolute atomic E-state index is 0.813. The maximum Gasteiger partial charge on any atom is 0.250 e. The first-order chi connectivity index (χ1) is 14.8. The van der Waals surface area contributed by atoms with Crippen LogP contribution in [0.5, 0.6) is 0 Å². The van der Waals surface area contributed by atoms with Crippen molar-refractivity contribution in [3.05, 3.63) is 122 Å². The van der Waals surface area contributed by atoms with Crippen molar-refractivity contribution < 1.29 is 9.13 Å². The van der Waals surface area contributed by atoms with Crippen LogP contribution in [0.25, 0.3) is 11.6 Å². The second-order valence-electron chi connectivity index (χ2n) is 7.18. The van der Waals surface area contributed by atoms with Crippen molar-refractivity contribution >= 4 is 0 Å². The van der Waals surface area contributed by atoms with Gasteiger partial charge in [-0.3, -0.25) is 0 Å². The van der Waals surface area contributed by atoms with Crippen LogP contribution in [0.1, 0.15) is 11.1 Å². The number of hydrogen-bond donors (Lipinski definition) is 0. The molecule has 0 radical (unpaired) electrons. The minimum atomic E-state index is 0.813. The van der Waals surface area contributed by atoms with Gasteiger partial charge in [-0.15, -0.1) is 0 Å². The zero-order valence-electron chi connectivity index (χ0n) is 16.5. The second-order valence-corrected chi connectivity index (χ2v) is 7.18. The molecule has 30 heavy (non-hydrogen) atoms. The Morgan fingerprint density at radius 2 is 1.17 bits per heavy atom. The molecular formula is C24H22N6+2. The average Bonchev–Trinajstić information content (AvgIpc) is 3.45. The fourth-order valence-corrected chi connectivity index (χ4v) is 3.51. The zero-order chi connectivity index (χ0) is 20.2. The predicted molar refractivity (Wildman–Crippen MR) is 112 cm³/mol. The lowest BCUT2D eigenvalue weighted by molar-refractivity contribution is -0.688. The Balaban J connectivity index is 1.29. The molecule has 0 N–H and O–H groups in total. The number of pyridine rings is 2. The maximum absolute atomic E-state index is 4.39. The van der Waals surface area contributed by atoms with Crippen LogP contribution in [0.15, 0.2) is 110 Å². The number of benzene rings is 1. The van der Waals surface area contributed by atoms with Crippen LogP contribution in [-0.2, 0) is 13.1 Å². The molecule has 0 atom stereocenters. The fraction of sp³-hybridized carbons (Fsp3) is 0.0833. The van der Waals surface area contributed by atoms with E-state index in [1.54, 1.807) is 0 Å². The van der Waals surface area contributed by atoms with Crippen LogP contribution in [0.3, 0.4) is 0 Å². The maximum atomic E-state index is 4.39. The van der Waals surface area contributed by atoms with Crippen molar-refractivity contribution in [3.63, 3.8) is 0 Å². The lowest BCUT2D eigenvalue weighted by Gasteiger charge is -2.02. The Hall–Kier alpha value is -4.06. The molecule has 6 nitrogen and oxygen atoms in total. The highest BCUT2D eigenvalue weighted by atomic mass is 15.2. The summed E-state index contributed by atoms with van der Waals surface area (Å²) in [5.41, 5.74) is 2.53. The number of rotatable bonds is 6. The van der Waals surface area contributed by atoms with E-state index in [2.05, 4.69) is 68.4 Å². The summed E-state index contributed by atoms with van der Waals surface area (Å²) in [5, 5.41) is 0. The summed E-state index contributed by atoms with van der Waals surface area (Å²) < 4.78 is 8.39. The van der Waals surface area contributed by atoms with E-state index >= 15 is 0 Å². The highest BCUT2D eigenvalue weighted by Crippen LogP contribution is 2.07. The van der Waals surface area contributed by atoms with Crippen molar-refractivity contribution in [1.82, 2.24) is 19.1 Å². The number of hydrogen-bond acceptors (Lipinski definition) is 2. The van der Waals surface area contributed by atoms with E-state index in [9.17, 15) is 0 Å². The predicted octanol–water partition coefficient (Wildman–Crippen LogP) is 2.73. The van der Waals surface area contributed by atoms with Gasteiger partial charge >= 0.3 is 0 Å². The Bertz CT molecular complexity index is 1150. The molecule has 0 amide bonds. The van der Waals surface area contributed by atoms with Gasteiger partial charge in [-0.1, -0.05) is 30.3 Å². The van der Waals surface area contributed by atoms with Crippen molar-refractivity contribution in [2.24, 2.45) is 0 Å². The monoisotopic (exact) mass is 394 g/mol. The Kier molecular flexibility index (Phi) is 4.88. The normalized spacial score (nSPS) is 10.9. The molecule has 0 aliphatic rings. The third-order valence-electron chi connectivity index (χ3n) is 4.93. The standard InChI is InChI=1S/C24H22N6/c1-3-10-25-23(8-1)29-14-12-27(19-29)17-21-6-5-7-22(16-21)18-28-13-15-30(20-28)24-9-2-4-11-26-24/h1-16,19-20H,17-18H2/q+2. The summed E-state index contributed by atoms with van der Waals surface area (Å²) in [5.74, 6) is 1.83. The van der Waals surface area contributed by atoms with E-state index in [1.165, 1.54) is 11.1 Å². The molecule has 0 bridgehead atoms. The fourth-order valence-electron chi connectivity index (χ4n) is 3.51. The molecule has 0 aliphatic carbocycles. The van der Waals surface area contributed by atoms with Crippen LogP contribution in [0, 0.1) is 0 Å². The van der Waals surface area contributed by atoms with Gasteiger partial charge in [-0.2, -0.15) is 9.13 Å². The van der Waals surface area contributed by atoms with E-state index in [1.807, 2.05) is 70.3 Å². The third kappa shape index (κ3) is 4.03. The smallest absolute Gasteiger partial charge is 0.232 e. The molecule has 5 aromatic rings. The van der Waals surface area contributed by atoms with Gasteiger partial charge in [0.15, 0.2) is 0 Å². The van der Waals surface area contributed by atoms with Crippen LogP contribution >= 0.6 is 0 Å². The first-order valence-electron chi connectivity index (χ1n) is 9.88. The first-order valence-corrected chi connectivity index (χ1v) is 9.88. The summed E-state index contributed by atoms with van der Waals surface area (Å²) in [7, 11) is 0. The largest absolute Gasteiger partial charge is 0.250 e. The van der Waals surface area contributed by atoms with Gasteiger partial charge < -0.3 is 0 Å². The summed E-state index contributed by atoms with van der Waals surface area (Å²) >= 11 is 0. The molecule has 1 aromatic carbocycles. The van der Waals surface area contributed by atoms with Crippen LogP contribution in [-0.4, -0.2) is 19.1 Å². The van der Waals surface area contributed by atoms with Gasteiger partial charge in [0.2, 0.25) is 11.6 Å². The van der Waals surface area contributed by atoms with E-state index in [-0.39, 0.29) is 0 Å². The van der Waals surface area contributed by atoms with Gasteiger partial charge in [0.1, 0.15) is 37.9 Å². The molecule has 4 heterocycles. The van der Waals surface area contributed by atoms with Gasteiger partial charge in [0, 0.05) is 24.5 Å². The van der Waals surface area contributed by atoms with Gasteiger partial charge in [-0.25, -0.2) is 19.1 Å². The molecule has 4 aromatic heterocycles. The molecule has 0 aliphatic heterocycles. The third-order valence-corrected chi connectivity index (χ3v) is 4.93. The number of aromatic nitrogens is 6. The quantitative estimate of drug-likeness (QED) is 0.416.